The lowest BCUT2D eigenvalue weighted by molar-refractivity contribution is 0.0196. The molecule has 21 heavy (non-hydrogen) atoms. The molecular weight excluding hydrogens is 283 g/mol. The van der Waals surface area contributed by atoms with Crippen molar-refractivity contribution in [1.82, 2.24) is 0 Å². The van der Waals surface area contributed by atoms with Crippen LogP contribution < -0.4 is 0 Å². The van der Waals surface area contributed by atoms with Gasteiger partial charge in [0.05, 0.1) is 6.10 Å². The van der Waals surface area contributed by atoms with Crippen LogP contribution >= 0.6 is 11.8 Å². The van der Waals surface area contributed by atoms with E-state index in [0.29, 0.717) is 11.4 Å². The largest absolute Gasteiger partial charge is 0.378 e. The maximum absolute atomic E-state index is 12.9. The van der Waals surface area contributed by atoms with Gasteiger partial charge in [0.1, 0.15) is 5.82 Å². The molecule has 0 aliphatic carbocycles. The fourth-order valence-corrected chi connectivity index (χ4v) is 3.88. The molecule has 2 atom stereocenters. The number of benzene rings is 2. The summed E-state index contributed by atoms with van der Waals surface area (Å²) in [7, 11) is 0. The molecule has 0 saturated carbocycles. The summed E-state index contributed by atoms with van der Waals surface area (Å²) in [4.78, 5) is 1.14. The van der Waals surface area contributed by atoms with Crippen LogP contribution in [0.2, 0.25) is 0 Å². The molecule has 3 rings (SSSR count). The maximum atomic E-state index is 12.9. The fraction of sp³-hybridized carbons (Fsp3) is 0.333. The first kappa shape index (κ1) is 14.6. The van der Waals surface area contributed by atoms with Crippen molar-refractivity contribution in [3.05, 3.63) is 66.0 Å². The minimum atomic E-state index is -0.173. The lowest BCUT2D eigenvalue weighted by Gasteiger charge is -2.29. The predicted molar refractivity (Wildman–Crippen MR) is 85.2 cm³/mol. The Morgan fingerprint density at radius 2 is 1.81 bits per heavy atom. The topological polar surface area (TPSA) is 9.23 Å². The highest BCUT2D eigenvalue weighted by atomic mass is 32.2. The summed E-state index contributed by atoms with van der Waals surface area (Å²) in [6, 6.07) is 17.3. The van der Waals surface area contributed by atoms with Crippen LogP contribution in [-0.2, 0) is 11.2 Å². The van der Waals surface area contributed by atoms with Gasteiger partial charge in [-0.25, -0.2) is 4.39 Å². The van der Waals surface area contributed by atoms with Gasteiger partial charge in [-0.2, -0.15) is 0 Å². The van der Waals surface area contributed by atoms with Gasteiger partial charge >= 0.3 is 0 Å². The first-order chi connectivity index (χ1) is 10.3. The van der Waals surface area contributed by atoms with Crippen molar-refractivity contribution < 1.29 is 9.13 Å². The zero-order valence-electron chi connectivity index (χ0n) is 11.9. The smallest absolute Gasteiger partial charge is 0.123 e. The first-order valence-electron chi connectivity index (χ1n) is 7.37. The molecular formula is C18H19FOS. The molecule has 0 aromatic heterocycles. The highest BCUT2D eigenvalue weighted by molar-refractivity contribution is 8.00. The molecule has 110 valence electrons. The lowest BCUT2D eigenvalue weighted by atomic mass is 10.0. The van der Waals surface area contributed by atoms with Gasteiger partial charge in [-0.15, -0.1) is 11.8 Å². The second-order valence-corrected chi connectivity index (χ2v) is 6.77. The van der Waals surface area contributed by atoms with E-state index in [1.165, 1.54) is 17.7 Å². The van der Waals surface area contributed by atoms with Gasteiger partial charge in [-0.1, -0.05) is 30.3 Å². The Morgan fingerprint density at radius 1 is 1.05 bits per heavy atom. The minimum Gasteiger partial charge on any atom is -0.378 e. The molecule has 2 aromatic rings. The standard InChI is InChI=1S/C18H19FOS/c19-15-6-8-17(9-7-15)21-18-10-11-20-16(13-18)12-14-4-2-1-3-5-14/h1-9,16,18H,10-13H2/t16-,18-/m1/s1. The molecule has 1 nitrogen and oxygen atoms in total. The molecule has 0 bridgehead atoms. The highest BCUT2D eigenvalue weighted by Crippen LogP contribution is 2.32. The Morgan fingerprint density at radius 3 is 2.57 bits per heavy atom. The monoisotopic (exact) mass is 302 g/mol. The fourth-order valence-electron chi connectivity index (χ4n) is 2.68. The minimum absolute atomic E-state index is 0.173. The van der Waals surface area contributed by atoms with Crippen LogP contribution in [0.5, 0.6) is 0 Å². The predicted octanol–water partition coefficient (Wildman–Crippen LogP) is 4.71. The molecule has 1 aliphatic heterocycles. The van der Waals surface area contributed by atoms with Crippen molar-refractivity contribution in [2.24, 2.45) is 0 Å². The summed E-state index contributed by atoms with van der Waals surface area (Å²) >= 11 is 1.84. The number of halogens is 1. The lowest BCUT2D eigenvalue weighted by Crippen LogP contribution is -2.28. The van der Waals surface area contributed by atoms with E-state index in [9.17, 15) is 4.39 Å². The normalized spacial score (nSPS) is 22.1. The van der Waals surface area contributed by atoms with Gasteiger partial charge in [-0.05, 0) is 49.1 Å². The van der Waals surface area contributed by atoms with E-state index in [0.717, 1.165) is 30.8 Å². The second-order valence-electron chi connectivity index (χ2n) is 5.40. The van der Waals surface area contributed by atoms with E-state index in [-0.39, 0.29) is 5.82 Å². The van der Waals surface area contributed by atoms with Gasteiger partial charge in [-0.3, -0.25) is 0 Å². The van der Waals surface area contributed by atoms with Crippen LogP contribution in [0.15, 0.2) is 59.5 Å². The van der Waals surface area contributed by atoms with Crippen molar-refractivity contribution in [2.45, 2.75) is 35.5 Å². The van der Waals surface area contributed by atoms with Gasteiger partial charge in [0.15, 0.2) is 0 Å². The van der Waals surface area contributed by atoms with Crippen molar-refractivity contribution in [3.8, 4) is 0 Å². The third kappa shape index (κ3) is 4.32. The van der Waals surface area contributed by atoms with Crippen LogP contribution in [-0.4, -0.2) is 18.0 Å². The zero-order chi connectivity index (χ0) is 14.5. The molecule has 0 N–H and O–H groups in total. The molecule has 0 unspecified atom stereocenters. The summed E-state index contributed by atoms with van der Waals surface area (Å²) in [6.45, 7) is 0.816. The van der Waals surface area contributed by atoms with Crippen molar-refractivity contribution in [1.29, 1.82) is 0 Å². The van der Waals surface area contributed by atoms with Crippen molar-refractivity contribution in [3.63, 3.8) is 0 Å². The van der Waals surface area contributed by atoms with Gasteiger partial charge < -0.3 is 4.74 Å². The Labute approximate surface area is 129 Å². The summed E-state index contributed by atoms with van der Waals surface area (Å²) in [5, 5.41) is 0.554. The third-order valence-corrected chi connectivity index (χ3v) is 5.05. The van der Waals surface area contributed by atoms with Crippen molar-refractivity contribution >= 4 is 11.8 Å². The van der Waals surface area contributed by atoms with E-state index < -0.39 is 0 Å². The average Bonchev–Trinajstić information content (AvgIpc) is 2.51. The molecule has 0 amide bonds. The van der Waals surface area contributed by atoms with E-state index in [1.807, 2.05) is 30.0 Å². The summed E-state index contributed by atoms with van der Waals surface area (Å²) in [5.74, 6) is -0.173. The Kier molecular flexibility index (Phi) is 4.94. The van der Waals surface area contributed by atoms with E-state index in [2.05, 4.69) is 24.3 Å². The highest BCUT2D eigenvalue weighted by Gasteiger charge is 2.23. The SMILES string of the molecule is Fc1ccc(S[C@@H]2CCO[C@H](Cc3ccccc3)C2)cc1. The summed E-state index contributed by atoms with van der Waals surface area (Å²) < 4.78 is 18.8. The Hall–Kier alpha value is -1.32. The van der Waals surface area contributed by atoms with E-state index >= 15 is 0 Å². The molecule has 0 spiro atoms. The van der Waals surface area contributed by atoms with Crippen LogP contribution in [0.25, 0.3) is 0 Å². The van der Waals surface area contributed by atoms with Gasteiger partial charge in [0.25, 0.3) is 0 Å². The van der Waals surface area contributed by atoms with Crippen LogP contribution in [0.3, 0.4) is 0 Å². The summed E-state index contributed by atoms with van der Waals surface area (Å²) in [5.41, 5.74) is 1.33. The number of hydrogen-bond acceptors (Lipinski definition) is 2. The van der Waals surface area contributed by atoms with Crippen LogP contribution in [0.4, 0.5) is 4.39 Å². The quantitative estimate of drug-likeness (QED) is 0.809. The Bertz CT molecular complexity index is 555. The Balaban J connectivity index is 1.57. The number of thioether (sulfide) groups is 1. The van der Waals surface area contributed by atoms with Crippen LogP contribution in [0, 0.1) is 5.82 Å². The number of ether oxygens (including phenoxy) is 1. The van der Waals surface area contributed by atoms with Crippen LogP contribution in [0.1, 0.15) is 18.4 Å². The molecule has 2 aromatic carbocycles. The van der Waals surface area contributed by atoms with Gasteiger partial charge in [0.2, 0.25) is 0 Å². The molecule has 1 heterocycles. The molecule has 1 fully saturated rings. The number of rotatable bonds is 4. The molecule has 0 radical (unpaired) electrons. The average molecular weight is 302 g/mol. The van der Waals surface area contributed by atoms with Gasteiger partial charge in [0, 0.05) is 16.8 Å². The zero-order valence-corrected chi connectivity index (χ0v) is 12.7. The molecule has 3 heteroatoms. The number of hydrogen-bond donors (Lipinski definition) is 0. The van der Waals surface area contributed by atoms with E-state index in [1.54, 1.807) is 0 Å². The third-order valence-electron chi connectivity index (χ3n) is 3.74. The second kappa shape index (κ2) is 7.10. The molecule has 1 saturated heterocycles. The maximum Gasteiger partial charge on any atom is 0.123 e. The first-order valence-corrected chi connectivity index (χ1v) is 8.25. The van der Waals surface area contributed by atoms with Crippen molar-refractivity contribution in [2.75, 3.05) is 6.61 Å². The summed E-state index contributed by atoms with van der Waals surface area (Å²) in [6.07, 6.45) is 3.38. The molecule has 1 aliphatic rings. The van der Waals surface area contributed by atoms with E-state index in [4.69, 9.17) is 4.74 Å².